The summed E-state index contributed by atoms with van der Waals surface area (Å²) in [5, 5.41) is 3.04. The van der Waals surface area contributed by atoms with Gasteiger partial charge in [-0.2, -0.15) is 0 Å². The van der Waals surface area contributed by atoms with Gasteiger partial charge in [0.05, 0.1) is 6.54 Å². The Morgan fingerprint density at radius 1 is 1.19 bits per heavy atom. The van der Waals surface area contributed by atoms with E-state index in [-0.39, 0.29) is 11.4 Å². The van der Waals surface area contributed by atoms with Gasteiger partial charge in [0.1, 0.15) is 0 Å². The molecule has 3 heteroatoms. The molecule has 116 valence electrons. The van der Waals surface area contributed by atoms with Crippen LogP contribution in [0.4, 0.5) is 0 Å². The highest BCUT2D eigenvalue weighted by Gasteiger charge is 2.22. The smallest absolute Gasteiger partial charge is 0.234 e. The van der Waals surface area contributed by atoms with Crippen LogP contribution in [-0.2, 0) is 11.2 Å². The zero-order valence-corrected chi connectivity index (χ0v) is 13.6. The molecule has 1 aliphatic heterocycles. The van der Waals surface area contributed by atoms with Crippen molar-refractivity contribution in [3.05, 3.63) is 35.9 Å². The normalized spacial score (nSPS) is 17.7. The highest BCUT2D eigenvalue weighted by molar-refractivity contribution is 5.78. The topological polar surface area (TPSA) is 32.3 Å². The first-order chi connectivity index (χ1) is 9.92. The molecule has 1 aromatic carbocycles. The first kappa shape index (κ1) is 16.0. The molecular weight excluding hydrogens is 260 g/mol. The Hall–Kier alpha value is -1.35. The summed E-state index contributed by atoms with van der Waals surface area (Å²) in [7, 11) is 0. The molecule has 0 saturated carbocycles. The molecule has 0 bridgehead atoms. The molecule has 1 N–H and O–H groups in total. The number of hydrogen-bond acceptors (Lipinski definition) is 2. The minimum absolute atomic E-state index is 0.136. The zero-order chi connectivity index (χ0) is 15.3. The van der Waals surface area contributed by atoms with Crippen molar-refractivity contribution in [2.45, 2.75) is 45.6 Å². The summed E-state index contributed by atoms with van der Waals surface area (Å²) in [5.41, 5.74) is 1.30. The van der Waals surface area contributed by atoms with Crippen molar-refractivity contribution in [1.29, 1.82) is 0 Å². The van der Waals surface area contributed by atoms with Crippen molar-refractivity contribution in [2.24, 2.45) is 5.92 Å². The van der Waals surface area contributed by atoms with E-state index in [1.54, 1.807) is 0 Å². The molecule has 1 aromatic rings. The van der Waals surface area contributed by atoms with Gasteiger partial charge >= 0.3 is 0 Å². The first-order valence-electron chi connectivity index (χ1n) is 8.00. The molecule has 0 aromatic heterocycles. The molecule has 0 aliphatic carbocycles. The van der Waals surface area contributed by atoms with Gasteiger partial charge in [0, 0.05) is 5.54 Å². The molecule has 1 fully saturated rings. The van der Waals surface area contributed by atoms with E-state index < -0.39 is 0 Å². The molecule has 2 rings (SSSR count). The van der Waals surface area contributed by atoms with E-state index >= 15 is 0 Å². The third-order valence-electron chi connectivity index (χ3n) is 3.96. The lowest BCUT2D eigenvalue weighted by Crippen LogP contribution is -2.47. The maximum Gasteiger partial charge on any atom is 0.234 e. The van der Waals surface area contributed by atoms with Gasteiger partial charge in [-0.25, -0.2) is 0 Å². The van der Waals surface area contributed by atoms with E-state index in [2.05, 4.69) is 40.5 Å². The van der Waals surface area contributed by atoms with Crippen molar-refractivity contribution in [1.82, 2.24) is 10.2 Å². The molecule has 1 saturated heterocycles. The number of carbonyl (C=O) groups excluding carboxylic acids is 1. The Balaban J connectivity index is 1.72. The quantitative estimate of drug-likeness (QED) is 0.924. The number of likely N-dealkylation sites (tertiary alicyclic amines) is 1. The van der Waals surface area contributed by atoms with E-state index in [0.717, 1.165) is 19.0 Å². The molecular formula is C18H28N2O. The molecule has 0 spiro atoms. The van der Waals surface area contributed by atoms with Crippen LogP contribution in [0.15, 0.2) is 30.3 Å². The summed E-state index contributed by atoms with van der Waals surface area (Å²) in [6.45, 7) is 8.68. The minimum atomic E-state index is -0.136. The lowest BCUT2D eigenvalue weighted by Gasteiger charge is -2.32. The standard InChI is InChI=1S/C18H28N2O/c1-18(2,3)19-17(21)14-20-11-9-16(10-12-20)13-15-7-5-4-6-8-15/h4-8,16H,9-14H2,1-3H3,(H,19,21). The van der Waals surface area contributed by atoms with Crippen molar-refractivity contribution in [3.63, 3.8) is 0 Å². The second kappa shape index (κ2) is 7.08. The van der Waals surface area contributed by atoms with Crippen LogP contribution >= 0.6 is 0 Å². The van der Waals surface area contributed by atoms with Crippen LogP contribution in [0.25, 0.3) is 0 Å². The van der Waals surface area contributed by atoms with Crippen molar-refractivity contribution in [3.8, 4) is 0 Å². The van der Waals surface area contributed by atoms with Crippen molar-refractivity contribution >= 4 is 5.91 Å². The average Bonchev–Trinajstić information content (AvgIpc) is 2.40. The van der Waals surface area contributed by atoms with Gasteiger partial charge in [-0.1, -0.05) is 30.3 Å². The number of benzene rings is 1. The number of hydrogen-bond donors (Lipinski definition) is 1. The van der Waals surface area contributed by atoms with Crippen molar-refractivity contribution < 1.29 is 4.79 Å². The Morgan fingerprint density at radius 2 is 1.81 bits per heavy atom. The fourth-order valence-corrected chi connectivity index (χ4v) is 2.96. The molecule has 3 nitrogen and oxygen atoms in total. The third kappa shape index (κ3) is 5.88. The molecule has 1 aliphatic rings. The number of nitrogens with zero attached hydrogens (tertiary/aromatic N) is 1. The highest BCUT2D eigenvalue weighted by atomic mass is 16.2. The van der Waals surface area contributed by atoms with Crippen LogP contribution < -0.4 is 5.32 Å². The minimum Gasteiger partial charge on any atom is -0.350 e. The van der Waals surface area contributed by atoms with Crippen LogP contribution in [0.5, 0.6) is 0 Å². The Labute approximate surface area is 128 Å². The first-order valence-corrected chi connectivity index (χ1v) is 8.00. The number of rotatable bonds is 4. The SMILES string of the molecule is CC(C)(C)NC(=O)CN1CCC(Cc2ccccc2)CC1. The van der Waals surface area contributed by atoms with Gasteiger partial charge in [-0.05, 0) is 64.6 Å². The molecule has 1 amide bonds. The Kier molecular flexibility index (Phi) is 5.40. The zero-order valence-electron chi connectivity index (χ0n) is 13.6. The largest absolute Gasteiger partial charge is 0.350 e. The molecule has 1 heterocycles. The highest BCUT2D eigenvalue weighted by Crippen LogP contribution is 2.21. The van der Waals surface area contributed by atoms with Gasteiger partial charge in [-0.3, -0.25) is 9.69 Å². The van der Waals surface area contributed by atoms with E-state index in [1.165, 1.54) is 24.8 Å². The summed E-state index contributed by atoms with van der Waals surface area (Å²) >= 11 is 0. The van der Waals surface area contributed by atoms with Crippen molar-refractivity contribution in [2.75, 3.05) is 19.6 Å². The lowest BCUT2D eigenvalue weighted by atomic mass is 9.90. The van der Waals surface area contributed by atoms with E-state index in [4.69, 9.17) is 0 Å². The summed E-state index contributed by atoms with van der Waals surface area (Å²) in [6, 6.07) is 10.7. The second-order valence-electron chi connectivity index (χ2n) is 7.21. The third-order valence-corrected chi connectivity index (χ3v) is 3.96. The van der Waals surface area contributed by atoms with Crippen LogP contribution in [0.1, 0.15) is 39.2 Å². The number of piperidine rings is 1. The van der Waals surface area contributed by atoms with Crippen LogP contribution in [0, 0.1) is 5.92 Å². The van der Waals surface area contributed by atoms with Gasteiger partial charge in [0.15, 0.2) is 0 Å². The van der Waals surface area contributed by atoms with Crippen LogP contribution in [-0.4, -0.2) is 36.0 Å². The molecule has 21 heavy (non-hydrogen) atoms. The summed E-state index contributed by atoms with van der Waals surface area (Å²) in [4.78, 5) is 14.2. The fourth-order valence-electron chi connectivity index (χ4n) is 2.96. The van der Waals surface area contributed by atoms with Gasteiger partial charge < -0.3 is 5.32 Å². The van der Waals surface area contributed by atoms with Crippen LogP contribution in [0.2, 0.25) is 0 Å². The number of amides is 1. The van der Waals surface area contributed by atoms with E-state index in [0.29, 0.717) is 6.54 Å². The summed E-state index contributed by atoms with van der Waals surface area (Å²) < 4.78 is 0. The van der Waals surface area contributed by atoms with E-state index in [9.17, 15) is 4.79 Å². The predicted molar refractivity (Wildman–Crippen MR) is 87.2 cm³/mol. The summed E-state index contributed by atoms with van der Waals surface area (Å²) in [6.07, 6.45) is 3.55. The van der Waals surface area contributed by atoms with E-state index in [1.807, 2.05) is 20.8 Å². The number of nitrogens with one attached hydrogen (secondary N) is 1. The van der Waals surface area contributed by atoms with Gasteiger partial charge in [-0.15, -0.1) is 0 Å². The molecule has 0 radical (unpaired) electrons. The second-order valence-corrected chi connectivity index (χ2v) is 7.21. The fraction of sp³-hybridized carbons (Fsp3) is 0.611. The Morgan fingerprint density at radius 3 is 2.38 bits per heavy atom. The molecule has 0 atom stereocenters. The average molecular weight is 288 g/mol. The van der Waals surface area contributed by atoms with Crippen LogP contribution in [0.3, 0.4) is 0 Å². The monoisotopic (exact) mass is 288 g/mol. The van der Waals surface area contributed by atoms with Gasteiger partial charge in [0.2, 0.25) is 5.91 Å². The maximum atomic E-state index is 11.9. The predicted octanol–water partition coefficient (Wildman–Crippen LogP) is 2.86. The van der Waals surface area contributed by atoms with Gasteiger partial charge in [0.25, 0.3) is 0 Å². The molecule has 0 unspecified atom stereocenters. The Bertz CT molecular complexity index is 442. The number of carbonyl (C=O) groups is 1. The maximum absolute atomic E-state index is 11.9. The summed E-state index contributed by atoms with van der Waals surface area (Å²) in [5.74, 6) is 0.901. The lowest BCUT2D eigenvalue weighted by molar-refractivity contribution is -0.124.